The molecule has 3 aromatic rings. The molecular weight excluding hydrogens is 212 g/mol. The number of aromatic nitrogens is 1. The molecule has 0 bridgehead atoms. The van der Waals surface area contributed by atoms with Crippen LogP contribution in [-0.2, 0) is 0 Å². The van der Waals surface area contributed by atoms with E-state index in [1.807, 2.05) is 43.4 Å². The summed E-state index contributed by atoms with van der Waals surface area (Å²) < 4.78 is 5.71. The zero-order chi connectivity index (χ0) is 11.7. The Morgan fingerprint density at radius 1 is 1.12 bits per heavy atom. The molecule has 1 N–H and O–H groups in total. The van der Waals surface area contributed by atoms with Crippen LogP contribution < -0.4 is 5.32 Å². The van der Waals surface area contributed by atoms with Crippen molar-refractivity contribution in [2.45, 2.75) is 0 Å². The van der Waals surface area contributed by atoms with E-state index in [1.54, 1.807) is 6.20 Å². The van der Waals surface area contributed by atoms with Crippen LogP contribution in [0.25, 0.3) is 22.4 Å². The quantitative estimate of drug-likeness (QED) is 0.723. The number of anilines is 1. The molecule has 2 aromatic heterocycles. The van der Waals surface area contributed by atoms with E-state index < -0.39 is 0 Å². The fourth-order valence-electron chi connectivity index (χ4n) is 1.84. The van der Waals surface area contributed by atoms with Crippen LogP contribution in [0.3, 0.4) is 0 Å². The molecule has 1 aromatic carbocycles. The average molecular weight is 224 g/mol. The molecule has 0 saturated heterocycles. The van der Waals surface area contributed by atoms with Crippen LogP contribution >= 0.6 is 0 Å². The van der Waals surface area contributed by atoms with Crippen molar-refractivity contribution in [3.8, 4) is 11.3 Å². The molecule has 0 spiro atoms. The number of fused-ring (bicyclic) bond motifs is 1. The van der Waals surface area contributed by atoms with E-state index in [1.165, 1.54) is 0 Å². The maximum absolute atomic E-state index is 5.71. The summed E-state index contributed by atoms with van der Waals surface area (Å²) in [4.78, 5) is 4.19. The molecule has 0 fully saturated rings. The molecule has 0 aliphatic carbocycles. The number of pyridine rings is 1. The number of hydrogen-bond acceptors (Lipinski definition) is 3. The van der Waals surface area contributed by atoms with Gasteiger partial charge < -0.3 is 9.73 Å². The van der Waals surface area contributed by atoms with Crippen molar-refractivity contribution in [3.05, 3.63) is 48.7 Å². The largest absolute Gasteiger partial charge is 0.438 e. The van der Waals surface area contributed by atoms with E-state index in [0.29, 0.717) is 5.71 Å². The normalized spacial score (nSPS) is 10.6. The molecule has 0 aliphatic heterocycles. The first-order valence-electron chi connectivity index (χ1n) is 5.49. The SMILES string of the molecule is CNc1cccc(-c2cc3cccnc3o2)c1. The smallest absolute Gasteiger partial charge is 0.226 e. The number of nitrogens with zero attached hydrogens (tertiary/aromatic N) is 1. The topological polar surface area (TPSA) is 38.1 Å². The number of nitrogens with one attached hydrogen (secondary N) is 1. The Kier molecular flexibility index (Phi) is 2.29. The second-order valence-electron chi connectivity index (χ2n) is 3.84. The fourth-order valence-corrected chi connectivity index (χ4v) is 1.84. The van der Waals surface area contributed by atoms with E-state index in [4.69, 9.17) is 4.42 Å². The van der Waals surface area contributed by atoms with Crippen molar-refractivity contribution in [2.24, 2.45) is 0 Å². The van der Waals surface area contributed by atoms with Crippen molar-refractivity contribution in [3.63, 3.8) is 0 Å². The summed E-state index contributed by atoms with van der Waals surface area (Å²) in [5, 5.41) is 4.14. The van der Waals surface area contributed by atoms with Crippen LogP contribution in [-0.4, -0.2) is 12.0 Å². The number of rotatable bonds is 2. The van der Waals surface area contributed by atoms with Crippen LogP contribution in [0.5, 0.6) is 0 Å². The van der Waals surface area contributed by atoms with Crippen molar-refractivity contribution in [1.82, 2.24) is 4.98 Å². The third kappa shape index (κ3) is 1.76. The Morgan fingerprint density at radius 2 is 2.06 bits per heavy atom. The summed E-state index contributed by atoms with van der Waals surface area (Å²) in [6, 6.07) is 14.0. The molecule has 0 aliphatic rings. The maximum Gasteiger partial charge on any atom is 0.226 e. The first-order valence-corrected chi connectivity index (χ1v) is 5.49. The molecule has 3 nitrogen and oxygen atoms in total. The number of furan rings is 1. The molecule has 3 heteroatoms. The van der Waals surface area contributed by atoms with E-state index in [9.17, 15) is 0 Å². The van der Waals surface area contributed by atoms with Gasteiger partial charge in [0.25, 0.3) is 0 Å². The second-order valence-corrected chi connectivity index (χ2v) is 3.84. The summed E-state index contributed by atoms with van der Waals surface area (Å²) >= 11 is 0. The minimum Gasteiger partial charge on any atom is -0.438 e. The Morgan fingerprint density at radius 3 is 2.88 bits per heavy atom. The molecule has 2 heterocycles. The highest BCUT2D eigenvalue weighted by molar-refractivity contribution is 5.80. The first kappa shape index (κ1) is 9.90. The predicted octanol–water partition coefficient (Wildman–Crippen LogP) is 3.54. The Bertz CT molecular complexity index is 625. The van der Waals surface area contributed by atoms with Gasteiger partial charge in [0.2, 0.25) is 5.71 Å². The molecule has 84 valence electrons. The molecule has 0 atom stereocenters. The lowest BCUT2D eigenvalue weighted by Crippen LogP contribution is -1.86. The lowest BCUT2D eigenvalue weighted by atomic mass is 10.1. The van der Waals surface area contributed by atoms with Gasteiger partial charge in [-0.3, -0.25) is 0 Å². The monoisotopic (exact) mass is 224 g/mol. The van der Waals surface area contributed by atoms with Crippen molar-refractivity contribution in [1.29, 1.82) is 0 Å². The summed E-state index contributed by atoms with van der Waals surface area (Å²) in [6.45, 7) is 0. The van der Waals surface area contributed by atoms with Gasteiger partial charge in [-0.05, 0) is 30.3 Å². The first-order chi connectivity index (χ1) is 8.36. The zero-order valence-electron chi connectivity index (χ0n) is 9.47. The van der Waals surface area contributed by atoms with Gasteiger partial charge in [-0.2, -0.15) is 0 Å². The average Bonchev–Trinajstić information content (AvgIpc) is 2.82. The number of hydrogen-bond donors (Lipinski definition) is 1. The van der Waals surface area contributed by atoms with E-state index in [-0.39, 0.29) is 0 Å². The van der Waals surface area contributed by atoms with E-state index >= 15 is 0 Å². The summed E-state index contributed by atoms with van der Waals surface area (Å²) in [7, 11) is 1.90. The Labute approximate surface area is 99.1 Å². The molecule has 0 unspecified atom stereocenters. The van der Waals surface area contributed by atoms with Gasteiger partial charge in [-0.25, -0.2) is 4.98 Å². The van der Waals surface area contributed by atoms with E-state index in [0.717, 1.165) is 22.4 Å². The second kappa shape index (κ2) is 3.94. The molecule has 3 rings (SSSR count). The Hall–Kier alpha value is -2.29. The summed E-state index contributed by atoms with van der Waals surface area (Å²) in [5.41, 5.74) is 2.79. The summed E-state index contributed by atoms with van der Waals surface area (Å²) in [5.74, 6) is 0.843. The predicted molar refractivity (Wildman–Crippen MR) is 69.0 cm³/mol. The van der Waals surface area contributed by atoms with Crippen LogP contribution in [0, 0.1) is 0 Å². The number of benzene rings is 1. The fraction of sp³-hybridized carbons (Fsp3) is 0.0714. The highest BCUT2D eigenvalue weighted by atomic mass is 16.3. The summed E-state index contributed by atoms with van der Waals surface area (Å²) in [6.07, 6.45) is 1.74. The zero-order valence-corrected chi connectivity index (χ0v) is 9.47. The van der Waals surface area contributed by atoms with Crippen LogP contribution in [0.15, 0.2) is 53.1 Å². The van der Waals surface area contributed by atoms with Crippen LogP contribution in [0.1, 0.15) is 0 Å². The van der Waals surface area contributed by atoms with Gasteiger partial charge in [-0.1, -0.05) is 12.1 Å². The molecule has 0 amide bonds. The molecule has 17 heavy (non-hydrogen) atoms. The van der Waals surface area contributed by atoms with Crippen LogP contribution in [0.4, 0.5) is 5.69 Å². The highest BCUT2D eigenvalue weighted by Crippen LogP contribution is 2.27. The lowest BCUT2D eigenvalue weighted by Gasteiger charge is -2.01. The maximum atomic E-state index is 5.71. The molecule has 0 saturated carbocycles. The van der Waals surface area contributed by atoms with Crippen molar-refractivity contribution >= 4 is 16.8 Å². The third-order valence-electron chi connectivity index (χ3n) is 2.73. The molecular formula is C14H12N2O. The van der Waals surface area contributed by atoms with Crippen molar-refractivity contribution < 1.29 is 4.42 Å². The van der Waals surface area contributed by atoms with E-state index in [2.05, 4.69) is 16.4 Å². The highest BCUT2D eigenvalue weighted by Gasteiger charge is 2.06. The van der Waals surface area contributed by atoms with Crippen LogP contribution in [0.2, 0.25) is 0 Å². The van der Waals surface area contributed by atoms with Gasteiger partial charge >= 0.3 is 0 Å². The third-order valence-corrected chi connectivity index (χ3v) is 2.73. The van der Waals surface area contributed by atoms with Gasteiger partial charge in [-0.15, -0.1) is 0 Å². The van der Waals surface area contributed by atoms with Gasteiger partial charge in [0.05, 0.1) is 0 Å². The Balaban J connectivity index is 2.13. The minimum atomic E-state index is 0.678. The van der Waals surface area contributed by atoms with Crippen molar-refractivity contribution in [2.75, 3.05) is 12.4 Å². The lowest BCUT2D eigenvalue weighted by molar-refractivity contribution is 0.618. The molecule has 0 radical (unpaired) electrons. The van der Waals surface area contributed by atoms with Gasteiger partial charge in [0.1, 0.15) is 5.76 Å². The standard InChI is InChI=1S/C14H12N2O/c1-15-12-6-2-4-10(8-12)13-9-11-5-3-7-16-14(11)17-13/h2-9,15H,1H3. The van der Waals surface area contributed by atoms with Gasteiger partial charge in [0.15, 0.2) is 0 Å². The van der Waals surface area contributed by atoms with Gasteiger partial charge in [0, 0.05) is 29.9 Å². The minimum absolute atomic E-state index is 0.678.